The standard InChI is InChI=1S/C13H7FN2O2/c14-11-6-5-10(8-3-1-2-4-9(8)11)13-15-12(7-17)18-16-13/h1-7H. The van der Waals surface area contributed by atoms with E-state index in [0.29, 0.717) is 22.6 Å². The molecule has 0 spiro atoms. The fraction of sp³-hybridized carbons (Fsp3) is 0. The summed E-state index contributed by atoms with van der Waals surface area (Å²) >= 11 is 0. The summed E-state index contributed by atoms with van der Waals surface area (Å²) in [6.45, 7) is 0. The van der Waals surface area contributed by atoms with Crippen molar-refractivity contribution in [2.75, 3.05) is 0 Å². The van der Waals surface area contributed by atoms with E-state index in [1.54, 1.807) is 30.3 Å². The first-order valence-electron chi connectivity index (χ1n) is 5.26. The van der Waals surface area contributed by atoms with Gasteiger partial charge in [-0.3, -0.25) is 4.79 Å². The highest BCUT2D eigenvalue weighted by Crippen LogP contribution is 2.28. The van der Waals surface area contributed by atoms with Gasteiger partial charge in [0.2, 0.25) is 12.1 Å². The molecule has 2 aromatic carbocycles. The average Bonchev–Trinajstić information content (AvgIpc) is 2.88. The number of fused-ring (bicyclic) bond motifs is 1. The van der Waals surface area contributed by atoms with Crippen LogP contribution >= 0.6 is 0 Å². The van der Waals surface area contributed by atoms with Crippen LogP contribution in [0.2, 0.25) is 0 Å². The van der Waals surface area contributed by atoms with Crippen LogP contribution < -0.4 is 0 Å². The van der Waals surface area contributed by atoms with Crippen molar-refractivity contribution in [3.63, 3.8) is 0 Å². The van der Waals surface area contributed by atoms with Crippen molar-refractivity contribution in [2.24, 2.45) is 0 Å². The molecule has 4 nitrogen and oxygen atoms in total. The van der Waals surface area contributed by atoms with Gasteiger partial charge in [0.1, 0.15) is 5.82 Å². The van der Waals surface area contributed by atoms with Gasteiger partial charge in [-0.25, -0.2) is 4.39 Å². The van der Waals surface area contributed by atoms with Crippen molar-refractivity contribution in [1.82, 2.24) is 10.1 Å². The van der Waals surface area contributed by atoms with E-state index in [-0.39, 0.29) is 17.5 Å². The number of benzene rings is 2. The van der Waals surface area contributed by atoms with Crippen LogP contribution in [0.15, 0.2) is 40.9 Å². The van der Waals surface area contributed by atoms with E-state index in [4.69, 9.17) is 4.52 Å². The Labute approximate surface area is 101 Å². The predicted molar refractivity (Wildman–Crippen MR) is 62.6 cm³/mol. The maximum absolute atomic E-state index is 13.6. The maximum Gasteiger partial charge on any atom is 0.291 e. The largest absolute Gasteiger partial charge is 0.331 e. The number of aromatic nitrogens is 2. The first-order valence-corrected chi connectivity index (χ1v) is 5.26. The van der Waals surface area contributed by atoms with Gasteiger partial charge in [-0.1, -0.05) is 29.4 Å². The third-order valence-corrected chi connectivity index (χ3v) is 2.65. The lowest BCUT2D eigenvalue weighted by Gasteiger charge is -2.03. The summed E-state index contributed by atoms with van der Waals surface area (Å²) in [5.74, 6) is -0.139. The Hall–Kier alpha value is -2.56. The molecule has 0 aliphatic carbocycles. The summed E-state index contributed by atoms with van der Waals surface area (Å²) in [7, 11) is 0. The number of aldehydes is 1. The van der Waals surface area contributed by atoms with Crippen LogP contribution in [0.5, 0.6) is 0 Å². The molecule has 88 valence electrons. The SMILES string of the molecule is O=Cc1nc(-c2ccc(F)c3ccccc23)no1. The summed E-state index contributed by atoms with van der Waals surface area (Å²) in [5.41, 5.74) is 0.629. The lowest BCUT2D eigenvalue weighted by Crippen LogP contribution is -1.87. The monoisotopic (exact) mass is 242 g/mol. The maximum atomic E-state index is 13.6. The summed E-state index contributed by atoms with van der Waals surface area (Å²) in [6, 6.07) is 9.90. The molecule has 0 saturated carbocycles. The summed E-state index contributed by atoms with van der Waals surface area (Å²) < 4.78 is 18.4. The smallest absolute Gasteiger partial charge is 0.291 e. The number of halogens is 1. The molecular weight excluding hydrogens is 235 g/mol. The zero-order chi connectivity index (χ0) is 12.5. The summed E-state index contributed by atoms with van der Waals surface area (Å²) in [5, 5.41) is 4.85. The molecule has 0 amide bonds. The van der Waals surface area contributed by atoms with E-state index in [2.05, 4.69) is 10.1 Å². The Balaban J connectivity index is 2.29. The van der Waals surface area contributed by atoms with Gasteiger partial charge in [-0.15, -0.1) is 0 Å². The molecular formula is C13H7FN2O2. The summed E-state index contributed by atoms with van der Waals surface area (Å²) in [6.07, 6.45) is 0.474. The number of nitrogens with zero attached hydrogens (tertiary/aromatic N) is 2. The quantitative estimate of drug-likeness (QED) is 0.648. The Morgan fingerprint density at radius 3 is 2.61 bits per heavy atom. The van der Waals surface area contributed by atoms with E-state index >= 15 is 0 Å². The van der Waals surface area contributed by atoms with Crippen LogP contribution in [-0.2, 0) is 0 Å². The molecule has 0 N–H and O–H groups in total. The zero-order valence-corrected chi connectivity index (χ0v) is 9.13. The lowest BCUT2D eigenvalue weighted by atomic mass is 10.0. The molecule has 0 atom stereocenters. The molecule has 18 heavy (non-hydrogen) atoms. The molecule has 1 heterocycles. The first-order chi connectivity index (χ1) is 8.79. The molecule has 0 fully saturated rings. The highest BCUT2D eigenvalue weighted by Gasteiger charge is 2.12. The second-order valence-corrected chi connectivity index (χ2v) is 3.71. The molecule has 0 aliphatic heterocycles. The normalized spacial score (nSPS) is 10.7. The van der Waals surface area contributed by atoms with Gasteiger partial charge in [0.15, 0.2) is 0 Å². The second-order valence-electron chi connectivity index (χ2n) is 3.71. The highest BCUT2D eigenvalue weighted by atomic mass is 19.1. The second kappa shape index (κ2) is 4.03. The van der Waals surface area contributed by atoms with Gasteiger partial charge in [-0.2, -0.15) is 4.98 Å². The highest BCUT2D eigenvalue weighted by molar-refractivity contribution is 5.95. The molecule has 0 saturated heterocycles. The predicted octanol–water partition coefficient (Wildman–Crippen LogP) is 2.84. The number of hydrogen-bond donors (Lipinski definition) is 0. The van der Waals surface area contributed by atoms with E-state index in [1.165, 1.54) is 6.07 Å². The van der Waals surface area contributed by atoms with Crippen molar-refractivity contribution in [3.8, 4) is 11.4 Å². The Kier molecular flexibility index (Phi) is 2.37. The Bertz CT molecular complexity index is 737. The molecule has 0 bridgehead atoms. The number of carbonyl (C=O) groups is 1. The van der Waals surface area contributed by atoms with Crippen LogP contribution in [0.1, 0.15) is 10.7 Å². The van der Waals surface area contributed by atoms with Crippen LogP contribution in [0, 0.1) is 5.82 Å². The molecule has 5 heteroatoms. The fourth-order valence-electron chi connectivity index (χ4n) is 1.85. The van der Waals surface area contributed by atoms with Gasteiger partial charge in [-0.05, 0) is 17.5 Å². The molecule has 1 aromatic heterocycles. The minimum atomic E-state index is -0.312. The van der Waals surface area contributed by atoms with Crippen molar-refractivity contribution >= 4 is 17.1 Å². The average molecular weight is 242 g/mol. The molecule has 0 unspecified atom stereocenters. The van der Waals surface area contributed by atoms with Gasteiger partial charge >= 0.3 is 0 Å². The molecule has 0 radical (unpaired) electrons. The van der Waals surface area contributed by atoms with E-state index in [9.17, 15) is 9.18 Å². The third-order valence-electron chi connectivity index (χ3n) is 2.65. The van der Waals surface area contributed by atoms with Gasteiger partial charge in [0.25, 0.3) is 5.89 Å². The number of rotatable bonds is 2. The topological polar surface area (TPSA) is 56.0 Å². The van der Waals surface area contributed by atoms with Crippen molar-refractivity contribution < 1.29 is 13.7 Å². The van der Waals surface area contributed by atoms with E-state index in [0.717, 1.165) is 0 Å². The third kappa shape index (κ3) is 1.57. The number of carbonyl (C=O) groups excluding carboxylic acids is 1. The summed E-state index contributed by atoms with van der Waals surface area (Å²) in [4.78, 5) is 14.4. The van der Waals surface area contributed by atoms with Crippen molar-refractivity contribution in [2.45, 2.75) is 0 Å². The van der Waals surface area contributed by atoms with Crippen LogP contribution in [-0.4, -0.2) is 16.4 Å². The molecule has 3 rings (SSSR count). The van der Waals surface area contributed by atoms with Crippen LogP contribution in [0.4, 0.5) is 4.39 Å². The fourth-order valence-corrected chi connectivity index (χ4v) is 1.85. The number of hydrogen-bond acceptors (Lipinski definition) is 4. The Morgan fingerprint density at radius 1 is 1.11 bits per heavy atom. The van der Waals surface area contributed by atoms with Crippen molar-refractivity contribution in [1.29, 1.82) is 0 Å². The zero-order valence-electron chi connectivity index (χ0n) is 9.13. The minimum absolute atomic E-state index is 0.0987. The lowest BCUT2D eigenvalue weighted by molar-refractivity contribution is 0.108. The van der Waals surface area contributed by atoms with Gasteiger partial charge in [0.05, 0.1) is 0 Å². The van der Waals surface area contributed by atoms with Crippen molar-refractivity contribution in [3.05, 3.63) is 48.1 Å². The van der Waals surface area contributed by atoms with Crippen LogP contribution in [0.25, 0.3) is 22.2 Å². The molecule has 3 aromatic rings. The van der Waals surface area contributed by atoms with Gasteiger partial charge < -0.3 is 4.52 Å². The first kappa shape index (κ1) is 10.6. The Morgan fingerprint density at radius 2 is 1.89 bits per heavy atom. The van der Waals surface area contributed by atoms with Crippen LogP contribution in [0.3, 0.4) is 0 Å². The minimum Gasteiger partial charge on any atom is -0.331 e. The van der Waals surface area contributed by atoms with Gasteiger partial charge in [0, 0.05) is 10.9 Å². The van der Waals surface area contributed by atoms with E-state index in [1.807, 2.05) is 0 Å². The van der Waals surface area contributed by atoms with E-state index < -0.39 is 0 Å². The molecule has 0 aliphatic rings.